The Morgan fingerprint density at radius 3 is 2.80 bits per heavy atom. The van der Waals surface area contributed by atoms with E-state index in [2.05, 4.69) is 0 Å². The first-order chi connectivity index (χ1) is 7.13. The average molecular weight is 210 g/mol. The molecule has 0 aromatic heterocycles. The summed E-state index contributed by atoms with van der Waals surface area (Å²) in [5.41, 5.74) is 0.600. The molecule has 1 aromatic carbocycles. The summed E-state index contributed by atoms with van der Waals surface area (Å²) in [6, 6.07) is 4.84. The van der Waals surface area contributed by atoms with Gasteiger partial charge in [-0.2, -0.15) is 0 Å². The number of ether oxygens (including phenoxy) is 1. The third kappa shape index (κ3) is 3.50. The highest BCUT2D eigenvalue weighted by Gasteiger charge is 2.05. The van der Waals surface area contributed by atoms with E-state index < -0.39 is 5.97 Å². The third-order valence-corrected chi connectivity index (χ3v) is 1.97. The predicted molar refractivity (Wildman–Crippen MR) is 55.2 cm³/mol. The number of aliphatic carboxylic acids is 1. The van der Waals surface area contributed by atoms with Crippen LogP contribution in [0, 0.1) is 0 Å². The number of phenols is 1. The van der Waals surface area contributed by atoms with Crippen molar-refractivity contribution >= 4 is 5.97 Å². The maximum absolute atomic E-state index is 10.4. The van der Waals surface area contributed by atoms with Gasteiger partial charge in [-0.15, -0.1) is 0 Å². The number of phenolic OH excluding ortho intramolecular Hbond substituents is 1. The summed E-state index contributed by atoms with van der Waals surface area (Å²) < 4.78 is 5.25. The molecule has 0 fully saturated rings. The number of carboxylic acid groups (broad SMARTS) is 1. The highest BCUT2D eigenvalue weighted by atomic mass is 16.5. The van der Waals surface area contributed by atoms with Crippen molar-refractivity contribution < 1.29 is 19.7 Å². The van der Waals surface area contributed by atoms with E-state index in [1.165, 1.54) is 6.07 Å². The van der Waals surface area contributed by atoms with Crippen LogP contribution in [0.3, 0.4) is 0 Å². The van der Waals surface area contributed by atoms with E-state index in [1.54, 1.807) is 12.1 Å². The van der Waals surface area contributed by atoms with Crippen molar-refractivity contribution in [2.75, 3.05) is 6.61 Å². The van der Waals surface area contributed by atoms with Crippen LogP contribution >= 0.6 is 0 Å². The molecule has 1 rings (SSSR count). The lowest BCUT2D eigenvalue weighted by atomic mass is 10.1. The van der Waals surface area contributed by atoms with Crippen LogP contribution in [0.1, 0.15) is 18.9 Å². The molecule has 15 heavy (non-hydrogen) atoms. The number of carboxylic acids is 1. The molecule has 82 valence electrons. The molecule has 0 amide bonds. The SMILES string of the molecule is CCOc1ccc(O)c(CCC(=O)O)c1. The second-order valence-electron chi connectivity index (χ2n) is 3.12. The molecule has 0 saturated carbocycles. The summed E-state index contributed by atoms with van der Waals surface area (Å²) in [5, 5.41) is 18.0. The Labute approximate surface area is 88.1 Å². The fourth-order valence-electron chi connectivity index (χ4n) is 1.26. The number of hydrogen-bond acceptors (Lipinski definition) is 3. The van der Waals surface area contributed by atoms with Gasteiger partial charge in [0.1, 0.15) is 11.5 Å². The van der Waals surface area contributed by atoms with Crippen molar-refractivity contribution in [3.8, 4) is 11.5 Å². The van der Waals surface area contributed by atoms with Gasteiger partial charge in [0, 0.05) is 6.42 Å². The molecule has 0 aliphatic heterocycles. The molecule has 4 nitrogen and oxygen atoms in total. The number of carbonyl (C=O) groups is 1. The summed E-state index contributed by atoms with van der Waals surface area (Å²) in [6.45, 7) is 2.41. The molecule has 0 saturated heterocycles. The number of hydrogen-bond donors (Lipinski definition) is 2. The van der Waals surface area contributed by atoms with Gasteiger partial charge in [0.25, 0.3) is 0 Å². The van der Waals surface area contributed by atoms with Crippen molar-refractivity contribution in [3.63, 3.8) is 0 Å². The quantitative estimate of drug-likeness (QED) is 0.777. The summed E-state index contributed by atoms with van der Waals surface area (Å²) in [4.78, 5) is 10.4. The Hall–Kier alpha value is -1.71. The minimum Gasteiger partial charge on any atom is -0.508 e. The van der Waals surface area contributed by atoms with Gasteiger partial charge in [-0.3, -0.25) is 4.79 Å². The van der Waals surface area contributed by atoms with Gasteiger partial charge in [0.2, 0.25) is 0 Å². The lowest BCUT2D eigenvalue weighted by molar-refractivity contribution is -0.136. The molecule has 0 radical (unpaired) electrons. The van der Waals surface area contributed by atoms with E-state index in [4.69, 9.17) is 9.84 Å². The first-order valence-corrected chi connectivity index (χ1v) is 4.80. The fourth-order valence-corrected chi connectivity index (χ4v) is 1.26. The zero-order valence-corrected chi connectivity index (χ0v) is 8.56. The Morgan fingerprint density at radius 1 is 1.47 bits per heavy atom. The topological polar surface area (TPSA) is 66.8 Å². The molecule has 0 aliphatic carbocycles. The molecule has 0 atom stereocenters. The van der Waals surface area contributed by atoms with E-state index in [0.29, 0.717) is 24.3 Å². The normalized spacial score (nSPS) is 9.93. The van der Waals surface area contributed by atoms with Crippen molar-refractivity contribution in [2.45, 2.75) is 19.8 Å². The maximum Gasteiger partial charge on any atom is 0.303 e. The smallest absolute Gasteiger partial charge is 0.303 e. The van der Waals surface area contributed by atoms with Crippen LogP contribution in [0.5, 0.6) is 11.5 Å². The molecule has 0 heterocycles. The van der Waals surface area contributed by atoms with Gasteiger partial charge in [0.05, 0.1) is 6.61 Å². The molecule has 2 N–H and O–H groups in total. The van der Waals surface area contributed by atoms with Crippen molar-refractivity contribution in [1.29, 1.82) is 0 Å². The Balaban J connectivity index is 2.75. The molecule has 1 aromatic rings. The molecule has 0 unspecified atom stereocenters. The van der Waals surface area contributed by atoms with Gasteiger partial charge in [-0.1, -0.05) is 0 Å². The minimum absolute atomic E-state index is 0.00311. The molecule has 0 spiro atoms. The number of aromatic hydroxyl groups is 1. The van der Waals surface area contributed by atoms with E-state index in [-0.39, 0.29) is 12.2 Å². The van der Waals surface area contributed by atoms with Crippen molar-refractivity contribution in [1.82, 2.24) is 0 Å². The Kier molecular flexibility index (Phi) is 3.97. The summed E-state index contributed by atoms with van der Waals surface area (Å²) in [7, 11) is 0. The maximum atomic E-state index is 10.4. The van der Waals surface area contributed by atoms with Crippen LogP contribution in [0.2, 0.25) is 0 Å². The highest BCUT2D eigenvalue weighted by Crippen LogP contribution is 2.24. The molecular formula is C11H14O4. The van der Waals surface area contributed by atoms with Gasteiger partial charge in [-0.05, 0) is 37.1 Å². The van der Waals surface area contributed by atoms with Gasteiger partial charge in [0.15, 0.2) is 0 Å². The first-order valence-electron chi connectivity index (χ1n) is 4.80. The molecule has 4 heteroatoms. The lowest BCUT2D eigenvalue weighted by Gasteiger charge is -2.07. The standard InChI is InChI=1S/C11H14O4/c1-2-15-9-4-5-10(12)8(7-9)3-6-11(13)14/h4-5,7,12H,2-3,6H2,1H3,(H,13,14). The number of rotatable bonds is 5. The first kappa shape index (κ1) is 11.4. The number of benzene rings is 1. The van der Waals surface area contributed by atoms with Crippen molar-refractivity contribution in [2.24, 2.45) is 0 Å². The van der Waals surface area contributed by atoms with Crippen LogP contribution in [-0.2, 0) is 11.2 Å². The van der Waals surface area contributed by atoms with Crippen LogP contribution in [-0.4, -0.2) is 22.8 Å². The molecular weight excluding hydrogens is 196 g/mol. The van der Waals surface area contributed by atoms with E-state index in [0.717, 1.165) is 0 Å². The van der Waals surface area contributed by atoms with Crippen molar-refractivity contribution in [3.05, 3.63) is 23.8 Å². The van der Waals surface area contributed by atoms with Crippen LogP contribution in [0.25, 0.3) is 0 Å². The summed E-state index contributed by atoms with van der Waals surface area (Å²) in [5.74, 6) is -0.119. The summed E-state index contributed by atoms with van der Waals surface area (Å²) >= 11 is 0. The van der Waals surface area contributed by atoms with E-state index in [1.807, 2.05) is 6.92 Å². The third-order valence-electron chi connectivity index (χ3n) is 1.97. The highest BCUT2D eigenvalue weighted by molar-refractivity contribution is 5.67. The molecule has 0 bridgehead atoms. The zero-order valence-electron chi connectivity index (χ0n) is 8.56. The van der Waals surface area contributed by atoms with Gasteiger partial charge in [-0.25, -0.2) is 0 Å². The zero-order chi connectivity index (χ0) is 11.3. The Morgan fingerprint density at radius 2 is 2.20 bits per heavy atom. The van der Waals surface area contributed by atoms with E-state index in [9.17, 15) is 9.90 Å². The largest absolute Gasteiger partial charge is 0.508 e. The van der Waals surface area contributed by atoms with Crippen LogP contribution in [0.15, 0.2) is 18.2 Å². The lowest BCUT2D eigenvalue weighted by Crippen LogP contribution is -1.98. The fraction of sp³-hybridized carbons (Fsp3) is 0.364. The Bertz CT molecular complexity index is 346. The minimum atomic E-state index is -0.879. The second kappa shape index (κ2) is 5.24. The molecule has 0 aliphatic rings. The summed E-state index contributed by atoms with van der Waals surface area (Å²) in [6.07, 6.45) is 0.311. The number of aryl methyl sites for hydroxylation is 1. The van der Waals surface area contributed by atoms with E-state index >= 15 is 0 Å². The monoisotopic (exact) mass is 210 g/mol. The predicted octanol–water partition coefficient (Wildman–Crippen LogP) is 1.81. The van der Waals surface area contributed by atoms with Gasteiger partial charge < -0.3 is 14.9 Å². The van der Waals surface area contributed by atoms with Gasteiger partial charge >= 0.3 is 5.97 Å². The van der Waals surface area contributed by atoms with Crippen LogP contribution in [0.4, 0.5) is 0 Å². The second-order valence-corrected chi connectivity index (χ2v) is 3.12. The van der Waals surface area contributed by atoms with Crippen LogP contribution < -0.4 is 4.74 Å². The average Bonchev–Trinajstić information content (AvgIpc) is 2.19.